The summed E-state index contributed by atoms with van der Waals surface area (Å²) in [6.45, 7) is 3.54. The molecule has 6 heteroatoms. The number of para-hydroxylation sites is 1. The van der Waals surface area contributed by atoms with Gasteiger partial charge in [-0.15, -0.1) is 11.3 Å². The van der Waals surface area contributed by atoms with Crippen molar-refractivity contribution >= 4 is 28.2 Å². The van der Waals surface area contributed by atoms with Crippen molar-refractivity contribution < 1.29 is 0 Å². The number of aromatic nitrogens is 4. The summed E-state index contributed by atoms with van der Waals surface area (Å²) in [5.74, 6) is 0.723. The van der Waals surface area contributed by atoms with Crippen molar-refractivity contribution in [2.45, 2.75) is 26.3 Å². The molecule has 4 aromatic rings. The summed E-state index contributed by atoms with van der Waals surface area (Å²) in [4.78, 5) is 20.4. The normalized spacial score (nSPS) is 11.0. The van der Waals surface area contributed by atoms with Gasteiger partial charge in [0.05, 0.1) is 23.4 Å². The molecule has 0 atom stereocenters. The molecule has 5 nitrogen and oxygen atoms in total. The van der Waals surface area contributed by atoms with Crippen LogP contribution >= 0.6 is 11.3 Å². The first kappa shape index (κ1) is 17.5. The fourth-order valence-corrected chi connectivity index (χ4v) is 3.43. The van der Waals surface area contributed by atoms with Gasteiger partial charge >= 0.3 is 0 Å². The van der Waals surface area contributed by atoms with Crippen LogP contribution < -0.4 is 4.90 Å². The maximum atomic E-state index is 4.80. The average molecular weight is 374 g/mol. The van der Waals surface area contributed by atoms with E-state index in [1.54, 1.807) is 0 Å². The van der Waals surface area contributed by atoms with Gasteiger partial charge in [0, 0.05) is 36.1 Å². The Balaban J connectivity index is 1.58. The molecule has 3 heterocycles. The molecular weight excluding hydrogens is 354 g/mol. The predicted molar refractivity (Wildman–Crippen MR) is 109 cm³/mol. The van der Waals surface area contributed by atoms with Crippen LogP contribution in [-0.2, 0) is 19.4 Å². The van der Waals surface area contributed by atoms with Gasteiger partial charge in [0.2, 0.25) is 5.95 Å². The number of thiazole rings is 1. The summed E-state index contributed by atoms with van der Waals surface area (Å²) >= 11 is 1.50. The summed E-state index contributed by atoms with van der Waals surface area (Å²) < 4.78 is 0. The van der Waals surface area contributed by atoms with Gasteiger partial charge in [-0.25, -0.2) is 15.0 Å². The van der Waals surface area contributed by atoms with E-state index in [4.69, 9.17) is 4.98 Å². The fraction of sp³-hybridized carbons (Fsp3) is 0.238. The fourth-order valence-electron chi connectivity index (χ4n) is 2.91. The Morgan fingerprint density at radius 3 is 2.67 bits per heavy atom. The monoisotopic (exact) mass is 374 g/mol. The standard InChI is InChI=1S/C21H20N5S/c1-2-16-11-22-21(23-12-16)26(10-9-19-14-27-15-24-19)13-18-8-7-17-5-3-4-6-20(17)25-18/h3-8,11-12,14H,2,9-10,13H2,1H3. The first-order valence-corrected chi connectivity index (χ1v) is 9.91. The van der Waals surface area contributed by atoms with E-state index in [0.717, 1.165) is 53.2 Å². The summed E-state index contributed by atoms with van der Waals surface area (Å²) in [5, 5.41) is 3.18. The van der Waals surface area contributed by atoms with Crippen molar-refractivity contribution in [3.8, 4) is 0 Å². The number of hydrogen-bond acceptors (Lipinski definition) is 6. The largest absolute Gasteiger partial charge is 0.335 e. The van der Waals surface area contributed by atoms with E-state index in [9.17, 15) is 0 Å². The van der Waals surface area contributed by atoms with Gasteiger partial charge in [0.1, 0.15) is 0 Å². The second-order valence-corrected chi connectivity index (χ2v) is 7.00. The Bertz CT molecular complexity index is 999. The molecule has 0 amide bonds. The van der Waals surface area contributed by atoms with Crippen LogP contribution in [-0.4, -0.2) is 26.5 Å². The highest BCUT2D eigenvalue weighted by molar-refractivity contribution is 7.07. The van der Waals surface area contributed by atoms with Crippen LogP contribution in [0.5, 0.6) is 0 Å². The van der Waals surface area contributed by atoms with Crippen molar-refractivity contribution in [3.63, 3.8) is 0 Å². The van der Waals surface area contributed by atoms with E-state index >= 15 is 0 Å². The van der Waals surface area contributed by atoms with Crippen molar-refractivity contribution in [2.24, 2.45) is 0 Å². The summed E-state index contributed by atoms with van der Waals surface area (Å²) in [7, 11) is 0. The van der Waals surface area contributed by atoms with Gasteiger partial charge in [0.15, 0.2) is 5.51 Å². The number of pyridine rings is 1. The zero-order valence-electron chi connectivity index (χ0n) is 15.2. The molecule has 0 bridgehead atoms. The Morgan fingerprint density at radius 2 is 1.89 bits per heavy atom. The molecule has 0 unspecified atom stereocenters. The predicted octanol–water partition coefficient (Wildman–Crippen LogP) is 4.09. The molecule has 0 N–H and O–H groups in total. The highest BCUT2D eigenvalue weighted by Crippen LogP contribution is 2.16. The number of nitrogens with zero attached hydrogens (tertiary/aromatic N) is 5. The summed E-state index contributed by atoms with van der Waals surface area (Å²) in [6.07, 6.45) is 5.56. The first-order chi connectivity index (χ1) is 13.3. The van der Waals surface area contributed by atoms with Gasteiger partial charge in [-0.1, -0.05) is 31.2 Å². The molecule has 3 aromatic heterocycles. The van der Waals surface area contributed by atoms with Crippen LogP contribution in [0.1, 0.15) is 23.9 Å². The van der Waals surface area contributed by atoms with Crippen LogP contribution in [0.2, 0.25) is 0 Å². The highest BCUT2D eigenvalue weighted by Gasteiger charge is 2.13. The number of aryl methyl sites for hydroxylation is 1. The summed E-state index contributed by atoms with van der Waals surface area (Å²) in [6, 6.07) is 12.4. The van der Waals surface area contributed by atoms with Crippen LogP contribution in [0.25, 0.3) is 10.9 Å². The Kier molecular flexibility index (Phi) is 5.34. The third-order valence-corrected chi connectivity index (χ3v) is 5.05. The Morgan fingerprint density at radius 1 is 1.04 bits per heavy atom. The number of fused-ring (bicyclic) bond motifs is 1. The van der Waals surface area contributed by atoms with E-state index in [-0.39, 0.29) is 0 Å². The van der Waals surface area contributed by atoms with Gasteiger partial charge in [-0.2, -0.15) is 0 Å². The minimum absolute atomic E-state index is 0.657. The molecule has 1 radical (unpaired) electrons. The first-order valence-electron chi connectivity index (χ1n) is 9.03. The van der Waals surface area contributed by atoms with Crippen molar-refractivity contribution in [2.75, 3.05) is 11.4 Å². The van der Waals surface area contributed by atoms with Gasteiger partial charge in [-0.3, -0.25) is 4.98 Å². The van der Waals surface area contributed by atoms with Crippen LogP contribution in [0.15, 0.2) is 54.2 Å². The van der Waals surface area contributed by atoms with E-state index in [2.05, 4.69) is 50.5 Å². The molecule has 0 saturated carbocycles. The van der Waals surface area contributed by atoms with Gasteiger partial charge in [0.25, 0.3) is 0 Å². The number of hydrogen-bond donors (Lipinski definition) is 0. The minimum atomic E-state index is 0.657. The molecule has 27 heavy (non-hydrogen) atoms. The quantitative estimate of drug-likeness (QED) is 0.488. The van der Waals surface area contributed by atoms with Crippen LogP contribution in [0, 0.1) is 5.51 Å². The Hall–Kier alpha value is -2.86. The van der Waals surface area contributed by atoms with E-state index in [0.29, 0.717) is 6.54 Å². The van der Waals surface area contributed by atoms with E-state index in [1.165, 1.54) is 11.3 Å². The maximum absolute atomic E-state index is 4.80. The zero-order valence-corrected chi connectivity index (χ0v) is 16.0. The highest BCUT2D eigenvalue weighted by atomic mass is 32.1. The van der Waals surface area contributed by atoms with Crippen molar-refractivity contribution in [3.05, 3.63) is 76.6 Å². The molecule has 0 saturated heterocycles. The van der Waals surface area contributed by atoms with Crippen molar-refractivity contribution in [1.29, 1.82) is 0 Å². The lowest BCUT2D eigenvalue weighted by Gasteiger charge is -2.22. The molecule has 0 aliphatic heterocycles. The van der Waals surface area contributed by atoms with Crippen LogP contribution in [0.3, 0.4) is 0 Å². The van der Waals surface area contributed by atoms with E-state index in [1.807, 2.05) is 36.0 Å². The topological polar surface area (TPSA) is 54.8 Å². The Labute approximate surface area is 162 Å². The molecule has 4 rings (SSSR count). The van der Waals surface area contributed by atoms with Crippen molar-refractivity contribution in [1.82, 2.24) is 19.9 Å². The maximum Gasteiger partial charge on any atom is 0.225 e. The molecule has 1 aromatic carbocycles. The SMILES string of the molecule is CCc1cnc(N(CCc2cs[c]n2)Cc2ccc3ccccc3n2)nc1. The van der Waals surface area contributed by atoms with Gasteiger partial charge in [-0.05, 0) is 24.1 Å². The third-order valence-electron chi connectivity index (χ3n) is 4.47. The second-order valence-electron chi connectivity index (χ2n) is 6.34. The van der Waals surface area contributed by atoms with E-state index < -0.39 is 0 Å². The number of anilines is 1. The van der Waals surface area contributed by atoms with Gasteiger partial charge < -0.3 is 4.90 Å². The van der Waals surface area contributed by atoms with Crippen LogP contribution in [0.4, 0.5) is 5.95 Å². The third kappa shape index (κ3) is 4.28. The molecule has 0 aliphatic carbocycles. The second kappa shape index (κ2) is 8.22. The molecule has 0 spiro atoms. The minimum Gasteiger partial charge on any atom is -0.335 e. The number of benzene rings is 1. The lowest BCUT2D eigenvalue weighted by Crippen LogP contribution is -2.27. The zero-order chi connectivity index (χ0) is 18.5. The lowest BCUT2D eigenvalue weighted by atomic mass is 10.2. The average Bonchev–Trinajstić information content (AvgIpc) is 3.25. The lowest BCUT2D eigenvalue weighted by molar-refractivity contribution is 0.733. The molecule has 0 aliphatic rings. The number of rotatable bonds is 7. The molecular formula is C21H20N5S. The smallest absolute Gasteiger partial charge is 0.225 e. The summed E-state index contributed by atoms with van der Waals surface area (Å²) in [5.41, 5.74) is 7.09. The molecule has 135 valence electrons. The molecule has 0 fully saturated rings.